The first kappa shape index (κ1) is 12.1. The van der Waals surface area contributed by atoms with E-state index in [1.54, 1.807) is 18.3 Å². The quantitative estimate of drug-likeness (QED) is 0.849. The van der Waals surface area contributed by atoms with Crippen LogP contribution >= 0.6 is 0 Å². The molecule has 1 aromatic carbocycles. The lowest BCUT2D eigenvalue weighted by molar-refractivity contribution is 0.102. The summed E-state index contributed by atoms with van der Waals surface area (Å²) in [6, 6.07) is 9.16. The van der Waals surface area contributed by atoms with Crippen molar-refractivity contribution < 1.29 is 4.79 Å². The molecule has 3 N–H and O–H groups in total. The number of amides is 1. The molecule has 4 heteroatoms. The highest BCUT2D eigenvalue weighted by atomic mass is 16.1. The predicted molar refractivity (Wildman–Crippen MR) is 72.5 cm³/mol. The summed E-state index contributed by atoms with van der Waals surface area (Å²) in [7, 11) is 0. The van der Waals surface area contributed by atoms with Gasteiger partial charge in [-0.2, -0.15) is 0 Å². The molecule has 0 radical (unpaired) electrons. The average Bonchev–Trinajstić information content (AvgIpc) is 2.32. The van der Waals surface area contributed by atoms with Gasteiger partial charge in [0.15, 0.2) is 0 Å². The SMILES string of the molecule is Cc1cccc(C)c1C(=O)Nc1ccc(N)nc1. The van der Waals surface area contributed by atoms with E-state index in [0.29, 0.717) is 17.1 Å². The summed E-state index contributed by atoms with van der Waals surface area (Å²) < 4.78 is 0. The number of hydrogen-bond donors (Lipinski definition) is 2. The minimum atomic E-state index is -0.128. The van der Waals surface area contributed by atoms with Crippen molar-refractivity contribution in [3.8, 4) is 0 Å². The number of aromatic nitrogens is 1. The molecule has 92 valence electrons. The molecule has 18 heavy (non-hydrogen) atoms. The van der Waals surface area contributed by atoms with Gasteiger partial charge in [-0.1, -0.05) is 18.2 Å². The van der Waals surface area contributed by atoms with Gasteiger partial charge in [0, 0.05) is 5.56 Å². The van der Waals surface area contributed by atoms with Crippen molar-refractivity contribution in [1.29, 1.82) is 0 Å². The highest BCUT2D eigenvalue weighted by Gasteiger charge is 2.11. The van der Waals surface area contributed by atoms with Crippen molar-refractivity contribution in [3.05, 3.63) is 53.2 Å². The van der Waals surface area contributed by atoms with Crippen molar-refractivity contribution in [2.45, 2.75) is 13.8 Å². The topological polar surface area (TPSA) is 68.0 Å². The van der Waals surface area contributed by atoms with Crippen LogP contribution in [0, 0.1) is 13.8 Å². The highest BCUT2D eigenvalue weighted by molar-refractivity contribution is 6.06. The van der Waals surface area contributed by atoms with Gasteiger partial charge in [0.05, 0.1) is 11.9 Å². The van der Waals surface area contributed by atoms with Crippen LogP contribution in [0.4, 0.5) is 11.5 Å². The molecule has 0 bridgehead atoms. The summed E-state index contributed by atoms with van der Waals surface area (Å²) >= 11 is 0. The zero-order valence-electron chi connectivity index (χ0n) is 10.4. The summed E-state index contributed by atoms with van der Waals surface area (Å²) in [5.41, 5.74) is 8.74. The standard InChI is InChI=1S/C14H15N3O/c1-9-4-3-5-10(2)13(9)14(18)17-11-6-7-12(15)16-8-11/h3-8H,1-2H3,(H2,15,16)(H,17,18). The molecule has 0 aliphatic carbocycles. The lowest BCUT2D eigenvalue weighted by Crippen LogP contribution is -2.15. The van der Waals surface area contributed by atoms with Gasteiger partial charge in [-0.05, 0) is 37.1 Å². The maximum absolute atomic E-state index is 12.2. The Labute approximate surface area is 106 Å². The van der Waals surface area contributed by atoms with Crippen LogP contribution < -0.4 is 11.1 Å². The van der Waals surface area contributed by atoms with Crippen LogP contribution in [0.25, 0.3) is 0 Å². The van der Waals surface area contributed by atoms with Gasteiger partial charge in [-0.3, -0.25) is 4.79 Å². The molecule has 4 nitrogen and oxygen atoms in total. The Morgan fingerprint density at radius 1 is 1.17 bits per heavy atom. The monoisotopic (exact) mass is 241 g/mol. The smallest absolute Gasteiger partial charge is 0.256 e. The molecule has 2 rings (SSSR count). The second kappa shape index (κ2) is 4.87. The predicted octanol–water partition coefficient (Wildman–Crippen LogP) is 2.53. The Morgan fingerprint density at radius 3 is 2.39 bits per heavy atom. The molecule has 0 aliphatic rings. The molecule has 1 aromatic heterocycles. The van der Waals surface area contributed by atoms with E-state index >= 15 is 0 Å². The summed E-state index contributed by atoms with van der Waals surface area (Å²) in [4.78, 5) is 16.1. The number of hydrogen-bond acceptors (Lipinski definition) is 3. The van der Waals surface area contributed by atoms with Gasteiger partial charge in [-0.15, -0.1) is 0 Å². The van der Waals surface area contributed by atoms with Gasteiger partial charge in [0.2, 0.25) is 0 Å². The van der Waals surface area contributed by atoms with Crippen LogP contribution in [0.15, 0.2) is 36.5 Å². The van der Waals surface area contributed by atoms with Crippen molar-refractivity contribution >= 4 is 17.4 Å². The summed E-state index contributed by atoms with van der Waals surface area (Å²) in [6.07, 6.45) is 1.54. The molecule has 0 saturated heterocycles. The van der Waals surface area contributed by atoms with E-state index in [-0.39, 0.29) is 5.91 Å². The van der Waals surface area contributed by atoms with E-state index in [0.717, 1.165) is 11.1 Å². The number of rotatable bonds is 2. The third kappa shape index (κ3) is 2.48. The minimum absolute atomic E-state index is 0.128. The van der Waals surface area contributed by atoms with Crippen molar-refractivity contribution in [2.75, 3.05) is 11.1 Å². The summed E-state index contributed by atoms with van der Waals surface area (Å²) in [5, 5.41) is 2.81. The van der Waals surface area contributed by atoms with Gasteiger partial charge in [-0.25, -0.2) is 4.98 Å². The Kier molecular flexibility index (Phi) is 3.28. The van der Waals surface area contributed by atoms with E-state index < -0.39 is 0 Å². The molecular weight excluding hydrogens is 226 g/mol. The van der Waals surface area contributed by atoms with Crippen molar-refractivity contribution in [2.24, 2.45) is 0 Å². The molecule has 0 unspecified atom stereocenters. The summed E-state index contributed by atoms with van der Waals surface area (Å²) in [5.74, 6) is 0.303. The van der Waals surface area contributed by atoms with E-state index in [1.165, 1.54) is 0 Å². The number of nitrogens with one attached hydrogen (secondary N) is 1. The number of nitrogens with zero attached hydrogens (tertiary/aromatic N) is 1. The van der Waals surface area contributed by atoms with Gasteiger partial charge in [0.25, 0.3) is 5.91 Å². The Hall–Kier alpha value is -2.36. The lowest BCUT2D eigenvalue weighted by atomic mass is 10.0. The maximum atomic E-state index is 12.2. The fourth-order valence-corrected chi connectivity index (χ4v) is 1.85. The second-order valence-corrected chi connectivity index (χ2v) is 4.19. The van der Waals surface area contributed by atoms with Crippen LogP contribution in [-0.2, 0) is 0 Å². The fourth-order valence-electron chi connectivity index (χ4n) is 1.85. The molecule has 1 heterocycles. The highest BCUT2D eigenvalue weighted by Crippen LogP contribution is 2.16. The number of benzene rings is 1. The minimum Gasteiger partial charge on any atom is -0.384 e. The molecular formula is C14H15N3O. The third-order valence-corrected chi connectivity index (χ3v) is 2.75. The first-order valence-corrected chi connectivity index (χ1v) is 5.67. The zero-order chi connectivity index (χ0) is 13.1. The molecule has 1 amide bonds. The first-order chi connectivity index (χ1) is 8.58. The van der Waals surface area contributed by atoms with E-state index in [4.69, 9.17) is 5.73 Å². The third-order valence-electron chi connectivity index (χ3n) is 2.75. The van der Waals surface area contributed by atoms with Gasteiger partial charge < -0.3 is 11.1 Å². The normalized spacial score (nSPS) is 10.1. The van der Waals surface area contributed by atoms with Gasteiger partial charge >= 0.3 is 0 Å². The van der Waals surface area contributed by atoms with E-state index in [2.05, 4.69) is 10.3 Å². The number of nitrogens with two attached hydrogens (primary N) is 1. The fraction of sp³-hybridized carbons (Fsp3) is 0.143. The van der Waals surface area contributed by atoms with Crippen molar-refractivity contribution in [3.63, 3.8) is 0 Å². The van der Waals surface area contributed by atoms with Crippen LogP contribution in [-0.4, -0.2) is 10.9 Å². The summed E-state index contributed by atoms with van der Waals surface area (Å²) in [6.45, 7) is 3.84. The first-order valence-electron chi connectivity index (χ1n) is 5.67. The molecule has 0 saturated carbocycles. The zero-order valence-corrected chi connectivity index (χ0v) is 10.4. The second-order valence-electron chi connectivity index (χ2n) is 4.19. The molecule has 2 aromatic rings. The molecule has 0 fully saturated rings. The van der Waals surface area contributed by atoms with E-state index in [9.17, 15) is 4.79 Å². The Balaban J connectivity index is 2.25. The lowest BCUT2D eigenvalue weighted by Gasteiger charge is -2.10. The number of anilines is 2. The van der Waals surface area contributed by atoms with Gasteiger partial charge in [0.1, 0.15) is 5.82 Å². The Morgan fingerprint density at radius 2 is 1.83 bits per heavy atom. The van der Waals surface area contributed by atoms with E-state index in [1.807, 2.05) is 32.0 Å². The number of pyridine rings is 1. The number of nitrogen functional groups attached to an aromatic ring is 1. The van der Waals surface area contributed by atoms with Crippen LogP contribution in [0.2, 0.25) is 0 Å². The van der Waals surface area contributed by atoms with Crippen LogP contribution in [0.3, 0.4) is 0 Å². The molecule has 0 spiro atoms. The molecule has 0 aliphatic heterocycles. The van der Waals surface area contributed by atoms with Crippen LogP contribution in [0.1, 0.15) is 21.5 Å². The maximum Gasteiger partial charge on any atom is 0.256 e. The average molecular weight is 241 g/mol. The molecule has 0 atom stereocenters. The Bertz CT molecular complexity index is 556. The van der Waals surface area contributed by atoms with Crippen LogP contribution in [0.5, 0.6) is 0 Å². The number of aryl methyl sites for hydroxylation is 2. The number of carbonyl (C=O) groups is 1. The number of carbonyl (C=O) groups excluding carboxylic acids is 1. The van der Waals surface area contributed by atoms with Crippen molar-refractivity contribution in [1.82, 2.24) is 4.98 Å². The largest absolute Gasteiger partial charge is 0.384 e.